The van der Waals surface area contributed by atoms with Gasteiger partial charge in [0.1, 0.15) is 5.75 Å². The van der Waals surface area contributed by atoms with E-state index in [-0.39, 0.29) is 0 Å². The van der Waals surface area contributed by atoms with Gasteiger partial charge >= 0.3 is 0 Å². The molecule has 0 saturated heterocycles. The molecule has 1 unspecified atom stereocenters. The van der Waals surface area contributed by atoms with Gasteiger partial charge in [0.2, 0.25) is 0 Å². The molecule has 0 aliphatic carbocycles. The van der Waals surface area contributed by atoms with E-state index >= 15 is 0 Å². The number of hydrogen-bond donors (Lipinski definition) is 0. The molecule has 0 spiro atoms. The average Bonchev–Trinajstić information content (AvgIpc) is 3.82. The zero-order valence-electron chi connectivity index (χ0n) is 25.3. The Morgan fingerprint density at radius 3 is 1.77 bits per heavy atom. The van der Waals surface area contributed by atoms with E-state index in [2.05, 4.69) is 50.3 Å². The van der Waals surface area contributed by atoms with Crippen LogP contribution in [0.4, 0.5) is 0 Å². The number of benzene rings is 1. The topological polar surface area (TPSA) is 58.7 Å². The lowest BCUT2D eigenvalue weighted by atomic mass is 9.96. The summed E-state index contributed by atoms with van der Waals surface area (Å²) >= 11 is 0. The molecule has 5 nitrogen and oxygen atoms in total. The van der Waals surface area contributed by atoms with Gasteiger partial charge in [-0.15, -0.1) is 0 Å². The van der Waals surface area contributed by atoms with E-state index < -0.39 is 0 Å². The normalized spacial score (nSPS) is 18.8. The van der Waals surface area contributed by atoms with Crippen molar-refractivity contribution in [2.45, 2.75) is 65.2 Å². The van der Waals surface area contributed by atoms with Crippen molar-refractivity contribution in [3.63, 3.8) is 0 Å². The number of nitrogens with zero attached hydrogens (tertiary/aromatic N) is 4. The second-order valence-corrected chi connectivity index (χ2v) is 11.6. The molecule has 1 aromatic carbocycles. The van der Waals surface area contributed by atoms with Gasteiger partial charge in [-0.25, -0.2) is 20.0 Å². The lowest BCUT2D eigenvalue weighted by Gasteiger charge is -2.18. The summed E-state index contributed by atoms with van der Waals surface area (Å²) in [7, 11) is 0. The minimum Gasteiger partial charge on any atom is -0.493 e. The molecule has 0 fully saturated rings. The standard InChI is InChI=1S/C38H40N4O/c1-3-5-7-8-10-27(9-6-4-2)26-43-36-19-11-28(12-20-36)37-24-35-23-33-16-15-31(40-33)21-29-13-14-30(39-29)22-32-17-18-34(41-32)25-38(37)42-35/h11-25,27H,3-10,26H2,1-2H3. The highest BCUT2D eigenvalue weighted by Crippen LogP contribution is 2.30. The van der Waals surface area contributed by atoms with Crippen molar-refractivity contribution >= 4 is 28.4 Å². The van der Waals surface area contributed by atoms with Gasteiger partial charge in [-0.2, -0.15) is 0 Å². The van der Waals surface area contributed by atoms with Crippen LogP contribution in [0.2, 0.25) is 0 Å². The van der Waals surface area contributed by atoms with Gasteiger partial charge in [0.15, 0.2) is 0 Å². The third-order valence-electron chi connectivity index (χ3n) is 8.12. The molecule has 8 bridgehead atoms. The van der Waals surface area contributed by atoms with Crippen LogP contribution in [-0.4, -0.2) is 29.5 Å². The number of hydrogen-bond acceptors (Lipinski definition) is 5. The van der Waals surface area contributed by atoms with E-state index in [9.17, 15) is 0 Å². The van der Waals surface area contributed by atoms with Gasteiger partial charge < -0.3 is 4.74 Å². The van der Waals surface area contributed by atoms with Gasteiger partial charge in [0.25, 0.3) is 0 Å². The predicted octanol–water partition coefficient (Wildman–Crippen LogP) is 9.26. The molecule has 43 heavy (non-hydrogen) atoms. The van der Waals surface area contributed by atoms with E-state index in [0.717, 1.165) is 69.1 Å². The van der Waals surface area contributed by atoms with Gasteiger partial charge in [-0.3, -0.25) is 0 Å². The molecule has 5 heteroatoms. The van der Waals surface area contributed by atoms with Crippen molar-refractivity contribution < 1.29 is 4.74 Å². The van der Waals surface area contributed by atoms with Crippen molar-refractivity contribution in [3.05, 3.63) is 119 Å². The summed E-state index contributed by atoms with van der Waals surface area (Å²) in [5.41, 5.74) is 9.17. The average molecular weight is 569 g/mol. The Morgan fingerprint density at radius 2 is 1.14 bits per heavy atom. The number of allylic oxidation sites excluding steroid dienone is 12. The molecule has 0 amide bonds. The fraction of sp³-hybridized carbons (Fsp3) is 0.316. The van der Waals surface area contributed by atoms with E-state index in [1.165, 1.54) is 51.4 Å². The molecule has 0 radical (unpaired) electrons. The summed E-state index contributed by atoms with van der Waals surface area (Å²) in [6.45, 7) is 5.33. The van der Waals surface area contributed by atoms with Crippen LogP contribution in [0.3, 0.4) is 0 Å². The second kappa shape index (κ2) is 13.7. The SMILES string of the molecule is CCCCCCC(CCCC)COc1ccc(C2=CC3=CC4=NC(=CC5=NC(=CC6=NC(=CC2=N3)C=C6)C=C5)C=C4)cc1. The maximum Gasteiger partial charge on any atom is 0.119 e. The molecule has 0 saturated carbocycles. The highest BCUT2D eigenvalue weighted by molar-refractivity contribution is 6.32. The largest absolute Gasteiger partial charge is 0.493 e. The summed E-state index contributed by atoms with van der Waals surface area (Å²) in [5, 5.41) is 0. The predicted molar refractivity (Wildman–Crippen MR) is 181 cm³/mol. The van der Waals surface area contributed by atoms with E-state index in [1.54, 1.807) is 0 Å². The Bertz CT molecular complexity index is 1610. The van der Waals surface area contributed by atoms with Crippen LogP contribution in [-0.2, 0) is 0 Å². The smallest absolute Gasteiger partial charge is 0.119 e. The summed E-state index contributed by atoms with van der Waals surface area (Å²) < 4.78 is 6.32. The maximum absolute atomic E-state index is 6.32. The molecule has 6 rings (SSSR count). The fourth-order valence-electron chi connectivity index (χ4n) is 5.74. The highest BCUT2D eigenvalue weighted by Gasteiger charge is 2.19. The Balaban J connectivity index is 1.22. The van der Waals surface area contributed by atoms with Crippen LogP contribution in [0, 0.1) is 5.92 Å². The summed E-state index contributed by atoms with van der Waals surface area (Å²) in [6, 6.07) is 8.47. The van der Waals surface area contributed by atoms with Crippen molar-refractivity contribution in [1.82, 2.24) is 0 Å². The molecule has 0 aromatic heterocycles. The number of ether oxygens (including phenoxy) is 1. The third kappa shape index (κ3) is 7.53. The molecule has 218 valence electrons. The highest BCUT2D eigenvalue weighted by atomic mass is 16.5. The van der Waals surface area contributed by atoms with Gasteiger partial charge in [-0.05, 0) is 103 Å². The van der Waals surface area contributed by atoms with Crippen LogP contribution in [0.15, 0.2) is 134 Å². The second-order valence-electron chi connectivity index (χ2n) is 11.6. The fourth-order valence-corrected chi connectivity index (χ4v) is 5.74. The number of aliphatic imine (C=N–C) groups is 4. The van der Waals surface area contributed by atoms with Gasteiger partial charge in [-0.1, -0.05) is 64.5 Å². The Hall–Kier alpha value is -4.38. The quantitative estimate of drug-likeness (QED) is 0.232. The van der Waals surface area contributed by atoms with Crippen molar-refractivity contribution in [2.75, 3.05) is 6.61 Å². The Labute approximate surface area is 255 Å². The monoisotopic (exact) mass is 568 g/mol. The van der Waals surface area contributed by atoms with Crippen LogP contribution < -0.4 is 4.74 Å². The third-order valence-corrected chi connectivity index (χ3v) is 8.12. The first-order valence-electron chi connectivity index (χ1n) is 15.9. The maximum atomic E-state index is 6.32. The first kappa shape index (κ1) is 28.7. The molecule has 1 atom stereocenters. The first-order valence-corrected chi connectivity index (χ1v) is 15.9. The Kier molecular flexibility index (Phi) is 9.17. The molecular formula is C38H40N4O. The van der Waals surface area contributed by atoms with Crippen molar-refractivity contribution in [3.8, 4) is 5.75 Å². The van der Waals surface area contributed by atoms with Crippen molar-refractivity contribution in [1.29, 1.82) is 0 Å². The summed E-state index contributed by atoms with van der Waals surface area (Å²) in [4.78, 5) is 19.3. The molecule has 5 aliphatic rings. The molecular weight excluding hydrogens is 528 g/mol. The zero-order chi connectivity index (χ0) is 29.4. The lowest BCUT2D eigenvalue weighted by Crippen LogP contribution is -2.12. The van der Waals surface area contributed by atoms with Crippen LogP contribution in [0.5, 0.6) is 5.75 Å². The zero-order valence-corrected chi connectivity index (χ0v) is 25.3. The summed E-state index contributed by atoms with van der Waals surface area (Å²) in [5.74, 6) is 1.55. The number of fused-ring (bicyclic) bond motifs is 4. The van der Waals surface area contributed by atoms with E-state index in [1.807, 2.05) is 54.7 Å². The van der Waals surface area contributed by atoms with Gasteiger partial charge in [0, 0.05) is 5.57 Å². The minimum absolute atomic E-state index is 0.624. The molecule has 5 aliphatic heterocycles. The number of unbranched alkanes of at least 4 members (excludes halogenated alkanes) is 4. The molecule has 0 N–H and O–H groups in total. The minimum atomic E-state index is 0.624. The summed E-state index contributed by atoms with van der Waals surface area (Å²) in [6.07, 6.45) is 32.6. The van der Waals surface area contributed by atoms with Crippen LogP contribution >= 0.6 is 0 Å². The first-order chi connectivity index (χ1) is 21.1. The Morgan fingerprint density at radius 1 is 0.558 bits per heavy atom. The van der Waals surface area contributed by atoms with E-state index in [4.69, 9.17) is 24.7 Å². The van der Waals surface area contributed by atoms with Gasteiger partial charge in [0.05, 0.1) is 52.2 Å². The lowest BCUT2D eigenvalue weighted by molar-refractivity contribution is 0.225. The number of rotatable bonds is 12. The van der Waals surface area contributed by atoms with E-state index in [0.29, 0.717) is 5.92 Å². The molecule has 5 heterocycles. The van der Waals surface area contributed by atoms with Crippen LogP contribution in [0.1, 0.15) is 70.8 Å². The van der Waals surface area contributed by atoms with Crippen LogP contribution in [0.25, 0.3) is 5.57 Å². The van der Waals surface area contributed by atoms with Crippen molar-refractivity contribution in [2.24, 2.45) is 25.9 Å². The molecule has 1 aromatic rings.